The van der Waals surface area contributed by atoms with Crippen molar-refractivity contribution in [2.24, 2.45) is 0 Å². The first-order valence-corrected chi connectivity index (χ1v) is 12.0. The summed E-state index contributed by atoms with van der Waals surface area (Å²) in [5.74, 6) is 2.25. The minimum Gasteiger partial charge on any atom is -0.493 e. The molecule has 0 saturated heterocycles. The van der Waals surface area contributed by atoms with E-state index in [1.807, 2.05) is 24.3 Å². The smallest absolute Gasteiger partial charge is 0.192 e. The molecule has 0 N–H and O–H groups in total. The molecule has 1 heterocycles. The van der Waals surface area contributed by atoms with Crippen LogP contribution >= 0.6 is 11.8 Å². The number of methoxy groups -OCH3 is 2. The fourth-order valence-electron chi connectivity index (χ4n) is 4.82. The first kappa shape index (κ1) is 21.1. The molecule has 0 radical (unpaired) electrons. The van der Waals surface area contributed by atoms with Crippen molar-refractivity contribution in [1.29, 1.82) is 0 Å². The molecule has 5 rings (SSSR count). The fraction of sp³-hybridized carbons (Fsp3) is 0.400. The molecule has 166 valence electrons. The van der Waals surface area contributed by atoms with Gasteiger partial charge in [-0.15, -0.1) is 10.2 Å². The van der Waals surface area contributed by atoms with Gasteiger partial charge in [0.1, 0.15) is 0 Å². The van der Waals surface area contributed by atoms with Crippen molar-refractivity contribution in [3.63, 3.8) is 0 Å². The molecule has 0 bridgehead atoms. The van der Waals surface area contributed by atoms with Crippen LogP contribution in [0, 0.1) is 0 Å². The van der Waals surface area contributed by atoms with Crippen molar-refractivity contribution in [3.8, 4) is 22.9 Å². The topological polar surface area (TPSA) is 66.2 Å². The van der Waals surface area contributed by atoms with Gasteiger partial charge in [0.05, 0.1) is 19.5 Å². The Morgan fingerprint density at radius 3 is 2.41 bits per heavy atom. The lowest BCUT2D eigenvalue weighted by atomic mass is 9.95. The lowest BCUT2D eigenvalue weighted by molar-refractivity contribution is 0.0999. The molecule has 1 saturated carbocycles. The number of benzene rings is 2. The third kappa shape index (κ3) is 3.79. The van der Waals surface area contributed by atoms with E-state index in [1.165, 1.54) is 31.0 Å². The van der Waals surface area contributed by atoms with Crippen molar-refractivity contribution in [3.05, 3.63) is 53.6 Å². The number of aromatic nitrogens is 3. The number of fused-ring (bicyclic) bond motifs is 1. The van der Waals surface area contributed by atoms with Crippen LogP contribution in [0.5, 0.6) is 11.5 Å². The summed E-state index contributed by atoms with van der Waals surface area (Å²) in [7, 11) is 3.21. The number of rotatable bonds is 6. The molecule has 2 aromatic carbocycles. The second-order valence-corrected chi connectivity index (χ2v) is 9.54. The van der Waals surface area contributed by atoms with Crippen LogP contribution in [-0.2, 0) is 6.42 Å². The SMILES string of the molecule is COc1cc2c(cc1OC)C(=O)C(Sc1nnc(-c3ccccc3)n1C1CCCCC1)C2. The summed E-state index contributed by atoms with van der Waals surface area (Å²) in [4.78, 5) is 13.3. The van der Waals surface area contributed by atoms with Gasteiger partial charge >= 0.3 is 0 Å². The molecular weight excluding hydrogens is 422 g/mol. The van der Waals surface area contributed by atoms with E-state index >= 15 is 0 Å². The van der Waals surface area contributed by atoms with E-state index in [0.29, 0.717) is 29.5 Å². The van der Waals surface area contributed by atoms with E-state index < -0.39 is 0 Å². The maximum atomic E-state index is 13.3. The predicted octanol–water partition coefficient (Wildman–Crippen LogP) is 5.37. The maximum Gasteiger partial charge on any atom is 0.192 e. The molecule has 1 aromatic heterocycles. The molecular formula is C25H27N3O3S. The van der Waals surface area contributed by atoms with Gasteiger partial charge in [-0.25, -0.2) is 0 Å². The standard InChI is InChI=1S/C25H27N3O3S/c1-30-20-13-17-14-22(23(29)19(17)15-21(20)31-2)32-25-27-26-24(16-9-5-3-6-10-16)28(25)18-11-7-4-8-12-18/h3,5-6,9-10,13,15,18,22H,4,7-8,11-12,14H2,1-2H3. The van der Waals surface area contributed by atoms with Gasteiger partial charge in [-0.3, -0.25) is 9.36 Å². The Morgan fingerprint density at radius 2 is 1.69 bits per heavy atom. The average molecular weight is 450 g/mol. The summed E-state index contributed by atoms with van der Waals surface area (Å²) in [6.07, 6.45) is 6.61. The van der Waals surface area contributed by atoms with E-state index in [1.54, 1.807) is 20.3 Å². The number of hydrogen-bond donors (Lipinski definition) is 0. The normalized spacial score (nSPS) is 18.6. The fourth-order valence-corrected chi connectivity index (χ4v) is 6.01. The second-order valence-electron chi connectivity index (χ2n) is 8.37. The van der Waals surface area contributed by atoms with Gasteiger partial charge in [-0.1, -0.05) is 61.4 Å². The molecule has 7 heteroatoms. The number of carbonyl (C=O) groups excluding carboxylic acids is 1. The molecule has 1 fully saturated rings. The van der Waals surface area contributed by atoms with Crippen LogP contribution in [-0.4, -0.2) is 40.0 Å². The number of Topliss-reactive ketones (excluding diaryl/α,β-unsaturated/α-hetero) is 1. The van der Waals surface area contributed by atoms with Crippen LogP contribution in [0.3, 0.4) is 0 Å². The zero-order valence-corrected chi connectivity index (χ0v) is 19.2. The van der Waals surface area contributed by atoms with Crippen LogP contribution in [0.2, 0.25) is 0 Å². The molecule has 3 aromatic rings. The third-order valence-electron chi connectivity index (χ3n) is 6.46. The van der Waals surface area contributed by atoms with Crippen LogP contribution < -0.4 is 9.47 Å². The molecule has 6 nitrogen and oxygen atoms in total. The highest BCUT2D eigenvalue weighted by molar-refractivity contribution is 8.00. The first-order chi connectivity index (χ1) is 15.7. The van der Waals surface area contributed by atoms with E-state index in [4.69, 9.17) is 9.47 Å². The average Bonchev–Trinajstić information content (AvgIpc) is 3.40. The Labute approximate surface area is 192 Å². The number of thioether (sulfide) groups is 1. The largest absolute Gasteiger partial charge is 0.493 e. The lowest BCUT2D eigenvalue weighted by Crippen LogP contribution is -2.17. The molecule has 0 aliphatic heterocycles. The van der Waals surface area contributed by atoms with Gasteiger partial charge in [0.15, 0.2) is 28.3 Å². The molecule has 1 atom stereocenters. The lowest BCUT2D eigenvalue weighted by Gasteiger charge is -2.26. The maximum absolute atomic E-state index is 13.3. The van der Waals surface area contributed by atoms with E-state index in [2.05, 4.69) is 26.9 Å². The minimum absolute atomic E-state index is 0.116. The molecule has 0 spiro atoms. The van der Waals surface area contributed by atoms with Gasteiger partial charge in [-0.2, -0.15) is 0 Å². The summed E-state index contributed by atoms with van der Waals surface area (Å²) in [5.41, 5.74) is 2.78. The minimum atomic E-state index is -0.225. The number of carbonyl (C=O) groups is 1. The Kier molecular flexibility index (Phi) is 5.91. The monoisotopic (exact) mass is 449 g/mol. The van der Waals surface area contributed by atoms with E-state index in [0.717, 1.165) is 34.9 Å². The van der Waals surface area contributed by atoms with Crippen molar-refractivity contribution in [2.75, 3.05) is 14.2 Å². The number of ketones is 1. The second kappa shape index (κ2) is 8.98. The van der Waals surface area contributed by atoms with E-state index in [-0.39, 0.29) is 11.0 Å². The molecule has 2 aliphatic rings. The predicted molar refractivity (Wildman–Crippen MR) is 125 cm³/mol. The van der Waals surface area contributed by atoms with Crippen LogP contribution in [0.15, 0.2) is 47.6 Å². The summed E-state index contributed by atoms with van der Waals surface area (Å²) < 4.78 is 13.1. The van der Waals surface area contributed by atoms with Crippen molar-refractivity contribution >= 4 is 17.5 Å². The van der Waals surface area contributed by atoms with Gasteiger partial charge in [0.25, 0.3) is 0 Å². The zero-order chi connectivity index (χ0) is 22.1. The summed E-state index contributed by atoms with van der Waals surface area (Å²) in [6, 6.07) is 14.3. The highest BCUT2D eigenvalue weighted by atomic mass is 32.2. The summed E-state index contributed by atoms with van der Waals surface area (Å²) >= 11 is 1.54. The zero-order valence-electron chi connectivity index (χ0n) is 18.4. The number of hydrogen-bond acceptors (Lipinski definition) is 6. The Bertz CT molecular complexity index is 1120. The Morgan fingerprint density at radius 1 is 0.969 bits per heavy atom. The summed E-state index contributed by atoms with van der Waals surface area (Å²) in [6.45, 7) is 0. The molecule has 0 amide bonds. The van der Waals surface area contributed by atoms with Crippen molar-refractivity contribution in [1.82, 2.24) is 14.8 Å². The summed E-state index contributed by atoms with van der Waals surface area (Å²) in [5, 5.41) is 9.75. The quantitative estimate of drug-likeness (QED) is 0.504. The van der Waals surface area contributed by atoms with Gasteiger partial charge in [-0.05, 0) is 37.0 Å². The Balaban J connectivity index is 1.48. The Hall–Kier alpha value is -2.80. The van der Waals surface area contributed by atoms with Gasteiger partial charge in [0.2, 0.25) is 0 Å². The van der Waals surface area contributed by atoms with Gasteiger partial charge in [0, 0.05) is 17.2 Å². The number of ether oxygens (including phenoxy) is 2. The van der Waals surface area contributed by atoms with Crippen molar-refractivity contribution in [2.45, 2.75) is 55.0 Å². The molecule has 2 aliphatic carbocycles. The molecule has 32 heavy (non-hydrogen) atoms. The van der Waals surface area contributed by atoms with Gasteiger partial charge < -0.3 is 9.47 Å². The van der Waals surface area contributed by atoms with E-state index in [9.17, 15) is 4.79 Å². The van der Waals surface area contributed by atoms with Crippen LogP contribution in [0.25, 0.3) is 11.4 Å². The van der Waals surface area contributed by atoms with Crippen LogP contribution in [0.1, 0.15) is 54.1 Å². The van der Waals surface area contributed by atoms with Crippen LogP contribution in [0.4, 0.5) is 0 Å². The highest BCUT2D eigenvalue weighted by Crippen LogP contribution is 2.42. The first-order valence-electron chi connectivity index (χ1n) is 11.2. The van der Waals surface area contributed by atoms with Crippen molar-refractivity contribution < 1.29 is 14.3 Å². The number of nitrogens with zero attached hydrogens (tertiary/aromatic N) is 3. The third-order valence-corrected chi connectivity index (χ3v) is 7.61. The highest BCUT2D eigenvalue weighted by Gasteiger charge is 2.35. The molecule has 1 unspecified atom stereocenters.